The summed E-state index contributed by atoms with van der Waals surface area (Å²) in [6, 6.07) is 19.6. The van der Waals surface area contributed by atoms with Gasteiger partial charge in [0.2, 0.25) is 0 Å². The van der Waals surface area contributed by atoms with Crippen LogP contribution in [-0.2, 0) is 6.54 Å². The molecule has 0 aliphatic rings. The molecule has 0 unspecified atom stereocenters. The second-order valence-electron chi connectivity index (χ2n) is 7.45. The lowest BCUT2D eigenvalue weighted by Gasteiger charge is -2.13. The van der Waals surface area contributed by atoms with Crippen LogP contribution in [0.3, 0.4) is 0 Å². The van der Waals surface area contributed by atoms with E-state index in [0.29, 0.717) is 22.8 Å². The van der Waals surface area contributed by atoms with Crippen molar-refractivity contribution in [1.82, 2.24) is 9.78 Å². The summed E-state index contributed by atoms with van der Waals surface area (Å²) in [5, 5.41) is 4.61. The van der Waals surface area contributed by atoms with Crippen LogP contribution in [0.5, 0.6) is 11.5 Å². The maximum absolute atomic E-state index is 13.9. The lowest BCUT2D eigenvalue weighted by atomic mass is 10.00. The van der Waals surface area contributed by atoms with E-state index in [4.69, 9.17) is 9.47 Å². The van der Waals surface area contributed by atoms with Gasteiger partial charge in [0.25, 0.3) is 5.56 Å². The average Bonchev–Trinajstić information content (AvgIpc) is 2.86. The molecule has 0 aliphatic carbocycles. The smallest absolute Gasteiger partial charge is 0.267 e. The van der Waals surface area contributed by atoms with Crippen molar-refractivity contribution in [2.75, 3.05) is 14.2 Å². The molecule has 34 heavy (non-hydrogen) atoms. The number of hydrogen-bond acceptors (Lipinski definition) is 4. The van der Waals surface area contributed by atoms with Gasteiger partial charge in [0.1, 0.15) is 23.1 Å². The van der Waals surface area contributed by atoms with Crippen molar-refractivity contribution in [2.45, 2.75) is 6.54 Å². The van der Waals surface area contributed by atoms with Crippen LogP contribution in [0.25, 0.3) is 28.5 Å². The van der Waals surface area contributed by atoms with Gasteiger partial charge in [-0.15, -0.1) is 0 Å². The third kappa shape index (κ3) is 5.04. The minimum absolute atomic E-state index is 0.113. The first kappa shape index (κ1) is 22.9. The summed E-state index contributed by atoms with van der Waals surface area (Å²) >= 11 is 0. The van der Waals surface area contributed by atoms with Crippen LogP contribution < -0.4 is 15.0 Å². The third-order valence-electron chi connectivity index (χ3n) is 5.30. The van der Waals surface area contributed by atoms with E-state index in [1.165, 1.54) is 29.0 Å². The summed E-state index contributed by atoms with van der Waals surface area (Å²) < 4.78 is 38.8. The van der Waals surface area contributed by atoms with E-state index in [0.717, 1.165) is 17.2 Å². The number of hydrogen-bond donors (Lipinski definition) is 0. The summed E-state index contributed by atoms with van der Waals surface area (Å²) in [5.41, 5.74) is 2.80. The minimum atomic E-state index is -0.676. The predicted molar refractivity (Wildman–Crippen MR) is 128 cm³/mol. The molecular weight excluding hydrogens is 438 g/mol. The third-order valence-corrected chi connectivity index (χ3v) is 5.30. The molecule has 0 N–H and O–H groups in total. The van der Waals surface area contributed by atoms with Gasteiger partial charge in [-0.05, 0) is 54.1 Å². The highest BCUT2D eigenvalue weighted by Crippen LogP contribution is 2.31. The number of halogens is 2. The molecule has 0 amide bonds. The van der Waals surface area contributed by atoms with Crippen molar-refractivity contribution < 1.29 is 18.3 Å². The number of allylic oxidation sites excluding steroid dienone is 1. The van der Waals surface area contributed by atoms with Gasteiger partial charge in [-0.2, -0.15) is 5.10 Å². The quantitative estimate of drug-likeness (QED) is 0.361. The lowest BCUT2D eigenvalue weighted by molar-refractivity contribution is 0.414. The van der Waals surface area contributed by atoms with E-state index in [2.05, 4.69) is 5.10 Å². The monoisotopic (exact) mass is 460 g/mol. The van der Waals surface area contributed by atoms with Crippen molar-refractivity contribution in [3.8, 4) is 33.9 Å². The molecule has 0 spiro atoms. The number of benzene rings is 3. The topological polar surface area (TPSA) is 53.4 Å². The first-order valence-electron chi connectivity index (χ1n) is 10.5. The first-order valence-corrected chi connectivity index (χ1v) is 10.5. The zero-order valence-corrected chi connectivity index (χ0v) is 18.7. The number of methoxy groups -OCH3 is 2. The molecule has 7 heteroatoms. The molecule has 0 saturated heterocycles. The average molecular weight is 460 g/mol. The van der Waals surface area contributed by atoms with Gasteiger partial charge < -0.3 is 9.47 Å². The Labute approximate surface area is 195 Å². The normalized spacial score (nSPS) is 11.1. The zero-order valence-electron chi connectivity index (χ0n) is 18.7. The standard InChI is InChI=1S/C27H22F2N2O3/c1-33-22-11-6-18(7-12-22)24-17-26(32)31(15-3-4-19-5-10-21(28)16-25(19)29)30-27(24)20-8-13-23(34-2)14-9-20/h3-14,16-17H,15H2,1-2H3. The Hall–Kier alpha value is -4.26. The molecule has 1 heterocycles. The molecule has 4 rings (SSSR count). The summed E-state index contributed by atoms with van der Waals surface area (Å²) in [7, 11) is 3.18. The molecule has 0 bridgehead atoms. The molecular formula is C27H22F2N2O3. The minimum Gasteiger partial charge on any atom is -0.497 e. The fraction of sp³-hybridized carbons (Fsp3) is 0.111. The van der Waals surface area contributed by atoms with Gasteiger partial charge in [0.15, 0.2) is 0 Å². The molecule has 3 aromatic carbocycles. The van der Waals surface area contributed by atoms with Gasteiger partial charge in [0.05, 0.1) is 26.5 Å². The van der Waals surface area contributed by atoms with Crippen molar-refractivity contribution in [2.24, 2.45) is 0 Å². The van der Waals surface area contributed by atoms with Gasteiger partial charge in [-0.3, -0.25) is 4.79 Å². The van der Waals surface area contributed by atoms with Crippen molar-refractivity contribution in [3.63, 3.8) is 0 Å². The summed E-state index contributed by atoms with van der Waals surface area (Å²) in [5.74, 6) is 0.0812. The summed E-state index contributed by atoms with van der Waals surface area (Å²) in [6.45, 7) is 0.113. The van der Waals surface area contributed by atoms with E-state index in [1.807, 2.05) is 48.5 Å². The van der Waals surface area contributed by atoms with Crippen LogP contribution >= 0.6 is 0 Å². The Bertz CT molecular complexity index is 1380. The SMILES string of the molecule is COc1ccc(-c2cc(=O)n(CC=Cc3ccc(F)cc3F)nc2-c2ccc(OC)cc2)cc1. The fourth-order valence-corrected chi connectivity index (χ4v) is 3.49. The Morgan fingerprint density at radius 3 is 2.06 bits per heavy atom. The molecule has 0 saturated carbocycles. The second kappa shape index (κ2) is 10.1. The predicted octanol–water partition coefficient (Wildman–Crippen LogP) is 5.59. The number of ether oxygens (including phenoxy) is 2. The Morgan fingerprint density at radius 1 is 0.853 bits per heavy atom. The van der Waals surface area contributed by atoms with Gasteiger partial charge in [-0.1, -0.05) is 24.3 Å². The maximum atomic E-state index is 13.9. The van der Waals surface area contributed by atoms with Crippen LogP contribution in [-0.4, -0.2) is 24.0 Å². The highest BCUT2D eigenvalue weighted by molar-refractivity contribution is 5.80. The van der Waals surface area contributed by atoms with Crippen molar-refractivity contribution in [3.05, 3.63) is 106 Å². The van der Waals surface area contributed by atoms with Crippen molar-refractivity contribution >= 4 is 6.08 Å². The molecule has 0 aliphatic heterocycles. The van der Waals surface area contributed by atoms with Crippen LogP contribution in [0.4, 0.5) is 8.78 Å². The lowest BCUT2D eigenvalue weighted by Crippen LogP contribution is -2.22. The summed E-state index contributed by atoms with van der Waals surface area (Å²) in [4.78, 5) is 12.9. The fourth-order valence-electron chi connectivity index (χ4n) is 3.49. The largest absolute Gasteiger partial charge is 0.497 e. The molecule has 0 fully saturated rings. The molecule has 0 radical (unpaired) electrons. The molecule has 172 valence electrons. The Balaban J connectivity index is 1.74. The number of aromatic nitrogens is 2. The van der Waals surface area contributed by atoms with Gasteiger partial charge in [-0.25, -0.2) is 13.5 Å². The number of nitrogens with zero attached hydrogens (tertiary/aromatic N) is 2. The van der Waals surface area contributed by atoms with E-state index in [1.54, 1.807) is 20.3 Å². The summed E-state index contributed by atoms with van der Waals surface area (Å²) in [6.07, 6.45) is 3.10. The highest BCUT2D eigenvalue weighted by Gasteiger charge is 2.13. The van der Waals surface area contributed by atoms with Gasteiger partial charge in [0, 0.05) is 28.8 Å². The van der Waals surface area contributed by atoms with Crippen LogP contribution in [0, 0.1) is 11.6 Å². The molecule has 0 atom stereocenters. The molecule has 4 aromatic rings. The van der Waals surface area contributed by atoms with E-state index in [9.17, 15) is 13.6 Å². The van der Waals surface area contributed by atoms with E-state index >= 15 is 0 Å². The first-order chi connectivity index (χ1) is 16.5. The van der Waals surface area contributed by atoms with E-state index < -0.39 is 11.6 Å². The highest BCUT2D eigenvalue weighted by atomic mass is 19.1. The van der Waals surface area contributed by atoms with Crippen molar-refractivity contribution in [1.29, 1.82) is 0 Å². The number of rotatable bonds is 7. The van der Waals surface area contributed by atoms with Crippen LogP contribution in [0.1, 0.15) is 5.56 Å². The van der Waals surface area contributed by atoms with Gasteiger partial charge >= 0.3 is 0 Å². The zero-order chi connectivity index (χ0) is 24.1. The maximum Gasteiger partial charge on any atom is 0.267 e. The second-order valence-corrected chi connectivity index (χ2v) is 7.45. The van der Waals surface area contributed by atoms with Crippen LogP contribution in [0.15, 0.2) is 83.7 Å². The Morgan fingerprint density at radius 2 is 1.47 bits per heavy atom. The Kier molecular flexibility index (Phi) is 6.82. The van der Waals surface area contributed by atoms with Crippen LogP contribution in [0.2, 0.25) is 0 Å². The van der Waals surface area contributed by atoms with E-state index in [-0.39, 0.29) is 17.7 Å². The molecule has 1 aromatic heterocycles. The molecule has 5 nitrogen and oxygen atoms in total.